The summed E-state index contributed by atoms with van der Waals surface area (Å²) in [7, 11) is -1.83. The lowest BCUT2D eigenvalue weighted by Gasteiger charge is -2.21. The van der Waals surface area contributed by atoms with Crippen molar-refractivity contribution in [2.75, 3.05) is 0 Å². The Hall–Kier alpha value is -1.21. The van der Waals surface area contributed by atoms with Crippen molar-refractivity contribution in [1.29, 1.82) is 0 Å². The molecule has 0 unspecified atom stereocenters. The van der Waals surface area contributed by atoms with E-state index in [1.54, 1.807) is 26.8 Å². The smallest absolute Gasteiger partial charge is 0.443 e. The van der Waals surface area contributed by atoms with Crippen molar-refractivity contribution in [3.8, 4) is 0 Å². The van der Waals surface area contributed by atoms with Crippen LogP contribution in [0.1, 0.15) is 20.8 Å². The fourth-order valence-corrected chi connectivity index (χ4v) is 2.26. The number of rotatable bonds is 1. The number of hydrogen-bond donors (Lipinski definition) is 2. The van der Waals surface area contributed by atoms with Crippen LogP contribution in [0.5, 0.6) is 0 Å². The predicted octanol–water partition coefficient (Wildman–Crippen LogP) is 2.41. The van der Waals surface area contributed by atoms with Crippen LogP contribution in [0.3, 0.4) is 0 Å². The van der Waals surface area contributed by atoms with Crippen LogP contribution in [0.15, 0.2) is 18.2 Å². The highest BCUT2D eigenvalue weighted by atomic mass is 35.5. The van der Waals surface area contributed by atoms with Gasteiger partial charge >= 0.3 is 13.2 Å². The number of benzene rings is 1. The molecule has 0 fully saturated rings. The summed E-state index contributed by atoms with van der Waals surface area (Å²) < 4.78 is 6.35. The van der Waals surface area contributed by atoms with Gasteiger partial charge in [-0.15, -0.1) is 0 Å². The van der Waals surface area contributed by atoms with E-state index in [1.807, 2.05) is 0 Å². The maximum atomic E-state index is 12.3. The zero-order chi connectivity index (χ0) is 15.9. The third-order valence-corrected chi connectivity index (χ3v) is 3.43. The Morgan fingerprint density at radius 3 is 2.29 bits per heavy atom. The Kier molecular flexibility index (Phi) is 4.26. The summed E-state index contributed by atoms with van der Waals surface area (Å²) in [6.07, 6.45) is -0.723. The Morgan fingerprint density at radius 1 is 1.19 bits per heavy atom. The molecule has 0 radical (unpaired) electrons. The zero-order valence-corrected chi connectivity index (χ0v) is 13.2. The summed E-state index contributed by atoms with van der Waals surface area (Å²) in [5.74, 6) is 0. The van der Waals surface area contributed by atoms with E-state index >= 15 is 0 Å². The third-order valence-electron chi connectivity index (χ3n) is 2.71. The number of fused-ring (bicyclic) bond motifs is 1. The zero-order valence-electron chi connectivity index (χ0n) is 11.7. The first-order valence-corrected chi connectivity index (χ1v) is 6.95. The van der Waals surface area contributed by atoms with Gasteiger partial charge < -0.3 is 14.8 Å². The van der Waals surface area contributed by atoms with Gasteiger partial charge in [-0.1, -0.05) is 23.2 Å². The van der Waals surface area contributed by atoms with E-state index in [1.165, 1.54) is 12.1 Å². The van der Waals surface area contributed by atoms with Crippen molar-refractivity contribution in [2.24, 2.45) is 0 Å². The van der Waals surface area contributed by atoms with Crippen LogP contribution in [-0.4, -0.2) is 33.4 Å². The quantitative estimate of drug-likeness (QED) is 0.788. The van der Waals surface area contributed by atoms with Crippen molar-refractivity contribution in [2.45, 2.75) is 26.4 Å². The van der Waals surface area contributed by atoms with Crippen LogP contribution >= 0.6 is 23.2 Å². The topological polar surface area (TPSA) is 71.7 Å². The Morgan fingerprint density at radius 2 is 1.76 bits per heavy atom. The van der Waals surface area contributed by atoms with Crippen molar-refractivity contribution >= 4 is 52.9 Å². The Labute approximate surface area is 132 Å². The summed E-state index contributed by atoms with van der Waals surface area (Å²) >= 11 is 11.9. The lowest BCUT2D eigenvalue weighted by Crippen LogP contribution is -2.41. The van der Waals surface area contributed by atoms with Crippen LogP contribution < -0.4 is 5.59 Å². The molecule has 2 rings (SSSR count). The highest BCUT2D eigenvalue weighted by Gasteiger charge is 2.27. The minimum absolute atomic E-state index is 0.0161. The van der Waals surface area contributed by atoms with E-state index in [0.29, 0.717) is 15.9 Å². The second kappa shape index (κ2) is 5.53. The number of carbonyl (C=O) groups excluding carboxylic acids is 1. The largest absolute Gasteiger partial charge is 0.506 e. The van der Waals surface area contributed by atoms with Gasteiger partial charge in [-0.05, 0) is 39.0 Å². The highest BCUT2D eigenvalue weighted by Crippen LogP contribution is 2.28. The molecule has 0 aliphatic carbocycles. The molecule has 0 aliphatic heterocycles. The molecule has 2 N–H and O–H groups in total. The van der Waals surface area contributed by atoms with E-state index < -0.39 is 18.8 Å². The van der Waals surface area contributed by atoms with Gasteiger partial charge in [0.25, 0.3) is 0 Å². The number of halogens is 2. The molecule has 5 nitrogen and oxygen atoms in total. The molecule has 0 bridgehead atoms. The summed E-state index contributed by atoms with van der Waals surface area (Å²) in [6.45, 7) is 5.15. The average molecular weight is 330 g/mol. The molecule has 0 saturated heterocycles. The molecule has 1 aromatic heterocycles. The molecule has 112 valence electrons. The van der Waals surface area contributed by atoms with Crippen LogP contribution in [0, 0.1) is 0 Å². The van der Waals surface area contributed by atoms with Gasteiger partial charge in [-0.2, -0.15) is 0 Å². The first kappa shape index (κ1) is 16.2. The molecule has 8 heteroatoms. The molecule has 1 heterocycles. The first-order valence-electron chi connectivity index (χ1n) is 6.20. The van der Waals surface area contributed by atoms with Gasteiger partial charge in [-0.25, -0.2) is 4.79 Å². The highest BCUT2D eigenvalue weighted by molar-refractivity contribution is 6.59. The number of ether oxygens (including phenoxy) is 1. The van der Waals surface area contributed by atoms with Gasteiger partial charge in [0.15, 0.2) is 0 Å². The van der Waals surface area contributed by atoms with Crippen molar-refractivity contribution in [3.63, 3.8) is 0 Å². The minimum Gasteiger partial charge on any atom is -0.443 e. The maximum Gasteiger partial charge on any atom is 0.506 e. The predicted molar refractivity (Wildman–Crippen MR) is 83.4 cm³/mol. The Bertz CT molecular complexity index is 706. The number of hydrogen-bond acceptors (Lipinski definition) is 4. The molecule has 2 aromatic rings. The third kappa shape index (κ3) is 3.35. The molecular formula is C13H14BCl2NO4. The van der Waals surface area contributed by atoms with Crippen LogP contribution in [0.4, 0.5) is 4.79 Å². The van der Waals surface area contributed by atoms with Gasteiger partial charge in [0, 0.05) is 5.39 Å². The molecule has 0 aliphatic rings. The van der Waals surface area contributed by atoms with E-state index in [9.17, 15) is 14.8 Å². The average Bonchev–Trinajstić information content (AvgIpc) is 2.66. The van der Waals surface area contributed by atoms with Gasteiger partial charge in [0.2, 0.25) is 0 Å². The molecule has 21 heavy (non-hydrogen) atoms. The first-order chi connectivity index (χ1) is 9.60. The van der Waals surface area contributed by atoms with Crippen molar-refractivity contribution in [3.05, 3.63) is 28.2 Å². The van der Waals surface area contributed by atoms with Crippen molar-refractivity contribution in [1.82, 2.24) is 4.57 Å². The molecule has 0 saturated carbocycles. The molecule has 1 aromatic carbocycles. The molecular weight excluding hydrogens is 316 g/mol. The van der Waals surface area contributed by atoms with E-state index in [-0.39, 0.29) is 10.6 Å². The SMILES string of the molecule is CC(C)(C)OC(=O)n1c(B(O)O)cc2cc(Cl)c(Cl)cc21. The molecule has 0 amide bonds. The second-order valence-electron chi connectivity index (χ2n) is 5.58. The minimum atomic E-state index is -1.83. The number of aromatic nitrogens is 1. The summed E-state index contributed by atoms with van der Waals surface area (Å²) in [5.41, 5.74) is -0.346. The van der Waals surface area contributed by atoms with E-state index in [2.05, 4.69) is 0 Å². The standard InChI is InChI=1S/C13H14BCl2NO4/c1-13(2,3)21-12(18)17-10-6-9(16)8(15)4-7(10)5-11(17)14(19)20/h4-6,19-20H,1-3H3. The van der Waals surface area contributed by atoms with E-state index in [4.69, 9.17) is 27.9 Å². The summed E-state index contributed by atoms with van der Waals surface area (Å²) in [6, 6.07) is 4.48. The van der Waals surface area contributed by atoms with Crippen LogP contribution in [0.25, 0.3) is 10.9 Å². The second-order valence-corrected chi connectivity index (χ2v) is 6.40. The number of nitrogens with zero attached hydrogens (tertiary/aromatic N) is 1. The lowest BCUT2D eigenvalue weighted by atomic mass is 9.86. The normalized spacial score (nSPS) is 11.8. The Balaban J connectivity index is 2.66. The number of carbonyl (C=O) groups is 1. The van der Waals surface area contributed by atoms with Gasteiger partial charge in [0.05, 0.1) is 21.2 Å². The lowest BCUT2D eigenvalue weighted by molar-refractivity contribution is 0.0548. The van der Waals surface area contributed by atoms with Crippen molar-refractivity contribution < 1.29 is 19.6 Å². The van der Waals surface area contributed by atoms with Gasteiger partial charge in [-0.3, -0.25) is 4.57 Å². The molecule has 0 spiro atoms. The maximum absolute atomic E-state index is 12.3. The summed E-state index contributed by atoms with van der Waals surface area (Å²) in [5, 5.41) is 20.0. The fraction of sp³-hybridized carbons (Fsp3) is 0.308. The monoisotopic (exact) mass is 329 g/mol. The van der Waals surface area contributed by atoms with E-state index in [0.717, 1.165) is 4.57 Å². The van der Waals surface area contributed by atoms with Crippen LogP contribution in [0.2, 0.25) is 10.0 Å². The molecule has 0 atom stereocenters. The fourth-order valence-electron chi connectivity index (χ4n) is 1.93. The summed E-state index contributed by atoms with van der Waals surface area (Å²) in [4.78, 5) is 12.3. The van der Waals surface area contributed by atoms with Gasteiger partial charge in [0.1, 0.15) is 5.60 Å². The van der Waals surface area contributed by atoms with Crippen LogP contribution in [-0.2, 0) is 4.74 Å².